The molecule has 2 amide bonds. The lowest BCUT2D eigenvalue weighted by Gasteiger charge is -2.38. The van der Waals surface area contributed by atoms with Crippen molar-refractivity contribution in [3.05, 3.63) is 55.7 Å². The Kier molecular flexibility index (Phi) is 8.08. The van der Waals surface area contributed by atoms with E-state index in [-0.39, 0.29) is 30.3 Å². The number of alkyl halides is 1. The highest BCUT2D eigenvalue weighted by atomic mass is 35.5. The van der Waals surface area contributed by atoms with Gasteiger partial charge in [0.05, 0.1) is 12.6 Å². The highest BCUT2D eigenvalue weighted by Gasteiger charge is 2.35. The molecule has 2 aromatic rings. The number of hydrogen-bond acceptors (Lipinski definition) is 3. The molecule has 0 saturated carbocycles. The predicted molar refractivity (Wildman–Crippen MR) is 125 cm³/mol. The molecule has 4 nitrogen and oxygen atoms in total. The van der Waals surface area contributed by atoms with E-state index in [1.807, 2.05) is 16.3 Å². The van der Waals surface area contributed by atoms with Gasteiger partial charge in [-0.1, -0.05) is 43.1 Å². The van der Waals surface area contributed by atoms with Gasteiger partial charge in [0.15, 0.2) is 0 Å². The second kappa shape index (κ2) is 10.4. The molecule has 3 rings (SSSR count). The van der Waals surface area contributed by atoms with Crippen LogP contribution in [0.2, 0.25) is 10.0 Å². The standard InChI is InChI=1S/C22H25Cl3N2O2S/c1-14(2)5-8-26(20(28)12-23)13-21(29)27-9-6-19-17(7-10-30-19)22(27)16-4-3-15(24)11-18(16)25/h3-4,7,10-11,14,22H,5-6,8-9,12-13H2,1-2H3. The number of carbonyl (C=O) groups excluding carboxylic acids is 2. The number of benzene rings is 1. The zero-order chi connectivity index (χ0) is 21.8. The third kappa shape index (κ3) is 5.31. The van der Waals surface area contributed by atoms with Gasteiger partial charge in [-0.3, -0.25) is 9.59 Å². The van der Waals surface area contributed by atoms with Crippen molar-refractivity contribution >= 4 is 58.0 Å². The number of halogens is 3. The molecule has 8 heteroatoms. The molecular weight excluding hydrogens is 463 g/mol. The molecule has 1 aromatic carbocycles. The number of fused-ring (bicyclic) bond motifs is 1. The van der Waals surface area contributed by atoms with E-state index in [4.69, 9.17) is 34.8 Å². The van der Waals surface area contributed by atoms with Crippen molar-refractivity contribution in [2.45, 2.75) is 32.7 Å². The van der Waals surface area contributed by atoms with E-state index in [0.29, 0.717) is 29.1 Å². The zero-order valence-electron chi connectivity index (χ0n) is 17.0. The van der Waals surface area contributed by atoms with Crippen molar-refractivity contribution in [1.29, 1.82) is 0 Å². The third-order valence-electron chi connectivity index (χ3n) is 5.31. The van der Waals surface area contributed by atoms with Crippen molar-refractivity contribution in [3.63, 3.8) is 0 Å². The van der Waals surface area contributed by atoms with E-state index in [9.17, 15) is 9.59 Å². The number of rotatable bonds is 7. The first-order chi connectivity index (χ1) is 14.3. The van der Waals surface area contributed by atoms with Gasteiger partial charge in [0.2, 0.25) is 11.8 Å². The number of carbonyl (C=O) groups is 2. The fraction of sp³-hybridized carbons (Fsp3) is 0.455. The van der Waals surface area contributed by atoms with Gasteiger partial charge in [0.1, 0.15) is 5.88 Å². The maximum absolute atomic E-state index is 13.4. The van der Waals surface area contributed by atoms with Gasteiger partial charge in [-0.15, -0.1) is 22.9 Å². The Balaban J connectivity index is 1.90. The maximum Gasteiger partial charge on any atom is 0.242 e. The van der Waals surface area contributed by atoms with Gasteiger partial charge in [-0.05, 0) is 53.5 Å². The molecule has 0 spiro atoms. The molecule has 162 valence electrons. The van der Waals surface area contributed by atoms with Crippen molar-refractivity contribution in [3.8, 4) is 0 Å². The van der Waals surface area contributed by atoms with Gasteiger partial charge in [0, 0.05) is 28.0 Å². The summed E-state index contributed by atoms with van der Waals surface area (Å²) in [7, 11) is 0. The molecule has 0 fully saturated rings. The summed E-state index contributed by atoms with van der Waals surface area (Å²) in [5.74, 6) is -0.0354. The van der Waals surface area contributed by atoms with Crippen LogP contribution < -0.4 is 0 Å². The van der Waals surface area contributed by atoms with E-state index in [1.165, 1.54) is 4.88 Å². The molecule has 1 unspecified atom stereocenters. The first-order valence-corrected chi connectivity index (χ1v) is 12.1. The van der Waals surface area contributed by atoms with E-state index in [2.05, 4.69) is 19.9 Å². The molecule has 2 heterocycles. The lowest BCUT2D eigenvalue weighted by atomic mass is 9.93. The second-order valence-electron chi connectivity index (χ2n) is 7.84. The molecule has 0 saturated heterocycles. The van der Waals surface area contributed by atoms with Crippen molar-refractivity contribution < 1.29 is 9.59 Å². The molecular formula is C22H25Cl3N2O2S. The van der Waals surface area contributed by atoms with Crippen LogP contribution in [0.15, 0.2) is 29.6 Å². The number of hydrogen-bond donors (Lipinski definition) is 0. The Labute approximate surface area is 196 Å². The average molecular weight is 488 g/mol. The SMILES string of the molecule is CC(C)CCN(CC(=O)N1CCc2sccc2C1c1ccc(Cl)cc1Cl)C(=O)CCl. The van der Waals surface area contributed by atoms with Gasteiger partial charge in [-0.2, -0.15) is 0 Å². The van der Waals surface area contributed by atoms with E-state index in [1.54, 1.807) is 28.4 Å². The predicted octanol–water partition coefficient (Wildman–Crippen LogP) is 5.64. The summed E-state index contributed by atoms with van der Waals surface area (Å²) in [6.45, 7) is 5.28. The van der Waals surface area contributed by atoms with Gasteiger partial charge >= 0.3 is 0 Å². The van der Waals surface area contributed by atoms with Crippen LogP contribution in [0, 0.1) is 5.92 Å². The lowest BCUT2D eigenvalue weighted by Crippen LogP contribution is -2.47. The minimum Gasteiger partial charge on any atom is -0.332 e. The van der Waals surface area contributed by atoms with Crippen LogP contribution >= 0.6 is 46.1 Å². The van der Waals surface area contributed by atoms with Crippen LogP contribution in [0.5, 0.6) is 0 Å². The van der Waals surface area contributed by atoms with Crippen molar-refractivity contribution in [2.75, 3.05) is 25.5 Å². The first-order valence-electron chi connectivity index (χ1n) is 9.96. The topological polar surface area (TPSA) is 40.6 Å². The summed E-state index contributed by atoms with van der Waals surface area (Å²) < 4.78 is 0. The van der Waals surface area contributed by atoms with Crippen molar-refractivity contribution in [1.82, 2.24) is 9.80 Å². The Morgan fingerprint density at radius 1 is 1.23 bits per heavy atom. The fourth-order valence-corrected chi connectivity index (χ4v) is 5.27. The van der Waals surface area contributed by atoms with E-state index in [0.717, 1.165) is 24.0 Å². The van der Waals surface area contributed by atoms with Crippen LogP contribution in [0.25, 0.3) is 0 Å². The molecule has 1 atom stereocenters. The Morgan fingerprint density at radius 3 is 2.67 bits per heavy atom. The molecule has 0 aliphatic carbocycles. The summed E-state index contributed by atoms with van der Waals surface area (Å²) in [4.78, 5) is 30.4. The van der Waals surface area contributed by atoms with Crippen LogP contribution in [-0.4, -0.2) is 47.1 Å². The summed E-state index contributed by atoms with van der Waals surface area (Å²) in [5, 5.41) is 3.12. The summed E-state index contributed by atoms with van der Waals surface area (Å²) in [6.07, 6.45) is 1.60. The normalized spacial score (nSPS) is 15.9. The van der Waals surface area contributed by atoms with Gasteiger partial charge in [-0.25, -0.2) is 0 Å². The Morgan fingerprint density at radius 2 is 2.00 bits per heavy atom. The molecule has 0 radical (unpaired) electrons. The highest BCUT2D eigenvalue weighted by molar-refractivity contribution is 7.10. The second-order valence-corrected chi connectivity index (χ2v) is 9.95. The number of nitrogens with zero attached hydrogens (tertiary/aromatic N) is 2. The minimum absolute atomic E-state index is 0.0133. The van der Waals surface area contributed by atoms with E-state index < -0.39 is 0 Å². The fourth-order valence-electron chi connectivity index (χ4n) is 3.69. The van der Waals surface area contributed by atoms with Gasteiger partial charge in [0.25, 0.3) is 0 Å². The molecule has 1 aliphatic heterocycles. The quantitative estimate of drug-likeness (QED) is 0.474. The molecule has 1 aliphatic rings. The van der Waals surface area contributed by atoms with E-state index >= 15 is 0 Å². The first kappa shape index (κ1) is 23.4. The molecule has 0 bridgehead atoms. The zero-order valence-corrected chi connectivity index (χ0v) is 20.1. The van der Waals surface area contributed by atoms with Crippen molar-refractivity contribution in [2.24, 2.45) is 5.92 Å². The average Bonchev–Trinajstić information content (AvgIpc) is 3.18. The van der Waals surface area contributed by atoms with Crippen LogP contribution in [-0.2, 0) is 16.0 Å². The summed E-state index contributed by atoms with van der Waals surface area (Å²) in [5.41, 5.74) is 1.92. The van der Waals surface area contributed by atoms with Crippen LogP contribution in [0.1, 0.15) is 42.3 Å². The van der Waals surface area contributed by atoms with Gasteiger partial charge < -0.3 is 9.80 Å². The number of amides is 2. The smallest absolute Gasteiger partial charge is 0.242 e. The lowest BCUT2D eigenvalue weighted by molar-refractivity contribution is -0.140. The maximum atomic E-state index is 13.4. The molecule has 0 N–H and O–H groups in total. The Hall–Kier alpha value is -1.27. The molecule has 30 heavy (non-hydrogen) atoms. The summed E-state index contributed by atoms with van der Waals surface area (Å²) in [6, 6.07) is 7.12. The monoisotopic (exact) mass is 486 g/mol. The number of thiophene rings is 1. The Bertz CT molecular complexity index is 916. The highest BCUT2D eigenvalue weighted by Crippen LogP contribution is 2.41. The van der Waals surface area contributed by atoms with Crippen LogP contribution in [0.4, 0.5) is 0 Å². The minimum atomic E-state index is -0.296. The summed E-state index contributed by atoms with van der Waals surface area (Å²) >= 11 is 20.1. The van der Waals surface area contributed by atoms with Crippen LogP contribution in [0.3, 0.4) is 0 Å². The third-order valence-corrected chi connectivity index (χ3v) is 7.10. The largest absolute Gasteiger partial charge is 0.332 e. The molecule has 1 aromatic heterocycles.